The number of hydrazine groups is 1. The first-order valence-corrected chi connectivity index (χ1v) is 6.20. The van der Waals surface area contributed by atoms with Gasteiger partial charge in [0, 0.05) is 13.5 Å². The monoisotopic (exact) mass is 302 g/mol. The Hall–Kier alpha value is -0.230. The van der Waals surface area contributed by atoms with E-state index < -0.39 is 15.8 Å². The van der Waals surface area contributed by atoms with Crippen LogP contribution in [0.4, 0.5) is 0 Å². The Balaban J connectivity index is 2.44. The van der Waals surface area contributed by atoms with E-state index >= 15 is 0 Å². The van der Waals surface area contributed by atoms with E-state index in [1.54, 1.807) is 0 Å². The Labute approximate surface area is 114 Å². The van der Waals surface area contributed by atoms with Gasteiger partial charge in [0.15, 0.2) is 0 Å². The van der Waals surface area contributed by atoms with Gasteiger partial charge in [-0.15, -0.1) is 0 Å². The molecular weight excluding hydrogens is 290 g/mol. The molecule has 1 unspecified atom stereocenters. The summed E-state index contributed by atoms with van der Waals surface area (Å²) >= 11 is 16.4. The van der Waals surface area contributed by atoms with Gasteiger partial charge in [0.25, 0.3) is 0 Å². The van der Waals surface area contributed by atoms with Crippen molar-refractivity contribution in [1.82, 2.24) is 10.4 Å². The highest BCUT2D eigenvalue weighted by molar-refractivity contribution is 6.67. The first kappa shape index (κ1) is 14.8. The molecule has 1 heterocycles. The standard InChI is InChI=1S/C9H13Cl3N2O3/c1-6(15)14-4-2-3-7(13-14)8(16)17-5-9(10,11)12/h7,13H,2-5H2,1H3. The van der Waals surface area contributed by atoms with Gasteiger partial charge in [0.2, 0.25) is 9.70 Å². The molecule has 1 atom stereocenters. The van der Waals surface area contributed by atoms with Gasteiger partial charge in [-0.2, -0.15) is 0 Å². The number of halogens is 3. The van der Waals surface area contributed by atoms with Crippen LogP contribution in [0.1, 0.15) is 19.8 Å². The molecule has 0 saturated carbocycles. The van der Waals surface area contributed by atoms with Gasteiger partial charge in [0.05, 0.1) is 0 Å². The minimum atomic E-state index is -1.62. The number of ether oxygens (including phenoxy) is 1. The Kier molecular flexibility index (Phi) is 5.31. The highest BCUT2D eigenvalue weighted by Gasteiger charge is 2.30. The van der Waals surface area contributed by atoms with Crippen LogP contribution < -0.4 is 5.43 Å². The molecule has 0 radical (unpaired) electrons. The summed E-state index contributed by atoms with van der Waals surface area (Å²) in [5.74, 6) is -0.675. The van der Waals surface area contributed by atoms with Crippen LogP contribution in [0, 0.1) is 0 Å². The van der Waals surface area contributed by atoms with E-state index in [1.165, 1.54) is 11.9 Å². The van der Waals surface area contributed by atoms with Crippen molar-refractivity contribution in [3.63, 3.8) is 0 Å². The number of hydrogen-bond acceptors (Lipinski definition) is 4. The second kappa shape index (κ2) is 6.09. The lowest BCUT2D eigenvalue weighted by atomic mass is 10.1. The van der Waals surface area contributed by atoms with Crippen LogP contribution in [-0.4, -0.2) is 39.9 Å². The molecule has 0 bridgehead atoms. The summed E-state index contributed by atoms with van der Waals surface area (Å²) < 4.78 is 3.22. The zero-order valence-electron chi connectivity index (χ0n) is 9.21. The van der Waals surface area contributed by atoms with Crippen LogP contribution in [0.15, 0.2) is 0 Å². The van der Waals surface area contributed by atoms with Crippen molar-refractivity contribution in [2.75, 3.05) is 13.2 Å². The number of nitrogens with one attached hydrogen (secondary N) is 1. The van der Waals surface area contributed by atoms with Crippen LogP contribution in [-0.2, 0) is 14.3 Å². The van der Waals surface area contributed by atoms with Gasteiger partial charge in [0.1, 0.15) is 12.6 Å². The quantitative estimate of drug-likeness (QED) is 0.619. The Morgan fingerprint density at radius 1 is 1.47 bits per heavy atom. The third-order valence-corrected chi connectivity index (χ3v) is 2.56. The molecule has 1 rings (SSSR count). The van der Waals surface area contributed by atoms with Gasteiger partial charge >= 0.3 is 5.97 Å². The van der Waals surface area contributed by atoms with Crippen LogP contribution in [0.25, 0.3) is 0 Å². The lowest BCUT2D eigenvalue weighted by Gasteiger charge is -2.32. The molecule has 1 N–H and O–H groups in total. The molecule has 5 nitrogen and oxygen atoms in total. The molecule has 0 aromatic rings. The smallest absolute Gasteiger partial charge is 0.325 e. The summed E-state index contributed by atoms with van der Waals surface area (Å²) in [6, 6.07) is -0.569. The number of carbonyl (C=O) groups is 2. The van der Waals surface area contributed by atoms with Crippen LogP contribution >= 0.6 is 34.8 Å². The second-order valence-electron chi connectivity index (χ2n) is 3.72. The van der Waals surface area contributed by atoms with Crippen molar-refractivity contribution < 1.29 is 14.3 Å². The molecule has 1 aliphatic rings. The van der Waals surface area contributed by atoms with Gasteiger partial charge < -0.3 is 4.74 Å². The highest BCUT2D eigenvalue weighted by Crippen LogP contribution is 2.26. The summed E-state index contributed by atoms with van der Waals surface area (Å²) in [6.45, 7) is 1.68. The number of carbonyl (C=O) groups excluding carboxylic acids is 2. The van der Waals surface area contributed by atoms with E-state index in [9.17, 15) is 9.59 Å². The summed E-state index contributed by atoms with van der Waals surface area (Å²) in [5.41, 5.74) is 2.77. The molecule has 1 aliphatic heterocycles. The van der Waals surface area contributed by atoms with E-state index in [0.29, 0.717) is 13.0 Å². The first-order valence-electron chi connectivity index (χ1n) is 5.07. The normalized spacial score (nSPS) is 21.2. The van der Waals surface area contributed by atoms with E-state index in [1.807, 2.05) is 0 Å². The van der Waals surface area contributed by atoms with Crippen LogP contribution in [0.3, 0.4) is 0 Å². The number of rotatable bonds is 2. The maximum absolute atomic E-state index is 11.6. The topological polar surface area (TPSA) is 58.6 Å². The third-order valence-electron chi connectivity index (χ3n) is 2.23. The predicted octanol–water partition coefficient (Wildman–Crippen LogP) is 1.42. The molecule has 0 aromatic carbocycles. The fraction of sp³-hybridized carbons (Fsp3) is 0.778. The number of alkyl halides is 3. The molecular formula is C9H13Cl3N2O3. The summed E-state index contributed by atoms with van der Waals surface area (Å²) in [6.07, 6.45) is 1.31. The van der Waals surface area contributed by atoms with Gasteiger partial charge in [-0.05, 0) is 12.8 Å². The maximum atomic E-state index is 11.6. The molecule has 17 heavy (non-hydrogen) atoms. The minimum Gasteiger partial charge on any atom is -0.460 e. The van der Waals surface area contributed by atoms with Crippen LogP contribution in [0.2, 0.25) is 0 Å². The molecule has 0 aliphatic carbocycles. The van der Waals surface area contributed by atoms with Crippen LogP contribution in [0.5, 0.6) is 0 Å². The number of amides is 1. The molecule has 0 aromatic heterocycles. The minimum absolute atomic E-state index is 0.149. The van der Waals surface area contributed by atoms with Crippen molar-refractivity contribution in [2.45, 2.75) is 29.6 Å². The Morgan fingerprint density at radius 3 is 2.65 bits per heavy atom. The van der Waals surface area contributed by atoms with Gasteiger partial charge in [-0.3, -0.25) is 14.6 Å². The summed E-state index contributed by atoms with van der Waals surface area (Å²) in [5, 5.41) is 1.38. The number of hydrogen-bond donors (Lipinski definition) is 1. The van der Waals surface area contributed by atoms with Crippen molar-refractivity contribution in [2.24, 2.45) is 0 Å². The summed E-state index contributed by atoms with van der Waals surface area (Å²) in [7, 11) is 0. The molecule has 0 spiro atoms. The summed E-state index contributed by atoms with van der Waals surface area (Å²) in [4.78, 5) is 22.7. The lowest BCUT2D eigenvalue weighted by Crippen LogP contribution is -2.55. The fourth-order valence-corrected chi connectivity index (χ4v) is 1.61. The molecule has 8 heteroatoms. The average Bonchev–Trinajstić information content (AvgIpc) is 2.25. The van der Waals surface area contributed by atoms with Crippen molar-refractivity contribution >= 4 is 46.7 Å². The highest BCUT2D eigenvalue weighted by atomic mass is 35.6. The van der Waals surface area contributed by atoms with E-state index in [2.05, 4.69) is 5.43 Å². The average molecular weight is 304 g/mol. The zero-order valence-corrected chi connectivity index (χ0v) is 11.5. The zero-order chi connectivity index (χ0) is 13.1. The van der Waals surface area contributed by atoms with Crippen molar-refractivity contribution in [1.29, 1.82) is 0 Å². The van der Waals surface area contributed by atoms with Crippen molar-refractivity contribution in [3.8, 4) is 0 Å². The Morgan fingerprint density at radius 2 is 2.12 bits per heavy atom. The van der Waals surface area contributed by atoms with E-state index in [4.69, 9.17) is 39.5 Å². The Bertz CT molecular complexity index is 306. The molecule has 98 valence electrons. The maximum Gasteiger partial charge on any atom is 0.325 e. The third kappa shape index (κ3) is 5.29. The lowest BCUT2D eigenvalue weighted by molar-refractivity contribution is -0.151. The van der Waals surface area contributed by atoms with E-state index in [0.717, 1.165) is 6.42 Å². The molecule has 1 saturated heterocycles. The predicted molar refractivity (Wildman–Crippen MR) is 64.8 cm³/mol. The number of nitrogens with zero attached hydrogens (tertiary/aromatic N) is 1. The fourth-order valence-electron chi connectivity index (χ4n) is 1.44. The SMILES string of the molecule is CC(=O)N1CCCC(C(=O)OCC(Cl)(Cl)Cl)N1. The first-order chi connectivity index (χ1) is 7.79. The van der Waals surface area contributed by atoms with E-state index in [-0.39, 0.29) is 12.5 Å². The second-order valence-corrected chi connectivity index (χ2v) is 6.23. The van der Waals surface area contributed by atoms with Gasteiger partial charge in [-0.25, -0.2) is 5.43 Å². The van der Waals surface area contributed by atoms with Gasteiger partial charge in [-0.1, -0.05) is 34.8 Å². The molecule has 1 fully saturated rings. The number of esters is 1. The largest absolute Gasteiger partial charge is 0.460 e. The van der Waals surface area contributed by atoms with Crippen molar-refractivity contribution in [3.05, 3.63) is 0 Å². The molecule has 1 amide bonds.